The Morgan fingerprint density at radius 2 is 1.86 bits per heavy atom. The molecule has 0 radical (unpaired) electrons. The van der Waals surface area contributed by atoms with Crippen LogP contribution in [-0.4, -0.2) is 64.9 Å². The zero-order chi connectivity index (χ0) is 19.9. The molecule has 2 aromatic carbocycles. The van der Waals surface area contributed by atoms with Crippen LogP contribution in [-0.2, 0) is 11.2 Å². The first-order chi connectivity index (χ1) is 13.5. The van der Waals surface area contributed by atoms with E-state index in [-0.39, 0.29) is 13.0 Å². The number of halogens is 1. The molecule has 1 aliphatic heterocycles. The summed E-state index contributed by atoms with van der Waals surface area (Å²) < 4.78 is 19.7. The second-order valence-corrected chi connectivity index (χ2v) is 8.05. The van der Waals surface area contributed by atoms with Gasteiger partial charge in [0, 0.05) is 37.2 Å². The third kappa shape index (κ3) is 6.22. The van der Waals surface area contributed by atoms with Crippen molar-refractivity contribution in [3.63, 3.8) is 0 Å². The Morgan fingerprint density at radius 3 is 2.54 bits per heavy atom. The quantitative estimate of drug-likeness (QED) is 0.704. The van der Waals surface area contributed by atoms with Gasteiger partial charge in [-0.1, -0.05) is 24.3 Å². The van der Waals surface area contributed by atoms with E-state index < -0.39 is 17.9 Å². The number of ether oxygens (including phenoxy) is 1. The van der Waals surface area contributed by atoms with Gasteiger partial charge in [0.1, 0.15) is 24.3 Å². The van der Waals surface area contributed by atoms with E-state index in [2.05, 4.69) is 4.90 Å². The van der Waals surface area contributed by atoms with Crippen LogP contribution in [0.15, 0.2) is 42.5 Å². The SMILES string of the molecule is O=C(O)Cc1ccc(-c2cc(F)cc(OCC(O)CN3CCSCC3)c2)cc1. The van der Waals surface area contributed by atoms with Gasteiger partial charge in [-0.15, -0.1) is 0 Å². The first kappa shape index (κ1) is 20.6. The average Bonchev–Trinajstić information content (AvgIpc) is 2.67. The van der Waals surface area contributed by atoms with Crippen LogP contribution in [0.5, 0.6) is 5.75 Å². The number of hydrogen-bond donors (Lipinski definition) is 2. The van der Waals surface area contributed by atoms with Crippen molar-refractivity contribution in [3.05, 3.63) is 53.8 Å². The normalized spacial score (nSPS) is 15.9. The third-order valence-electron chi connectivity index (χ3n) is 4.53. The van der Waals surface area contributed by atoms with Crippen LogP contribution in [0.2, 0.25) is 0 Å². The number of carboxylic acid groups (broad SMARTS) is 1. The van der Waals surface area contributed by atoms with E-state index in [0.29, 0.717) is 23.4 Å². The molecular weight excluding hydrogens is 381 g/mol. The maximum absolute atomic E-state index is 14.0. The number of β-amino-alcohol motifs (C(OH)–C–C–N with tert-alkyl or cyclic N) is 1. The van der Waals surface area contributed by atoms with Gasteiger partial charge in [0.15, 0.2) is 0 Å². The lowest BCUT2D eigenvalue weighted by atomic mass is 10.0. The van der Waals surface area contributed by atoms with Gasteiger partial charge in [0.2, 0.25) is 0 Å². The first-order valence-electron chi connectivity index (χ1n) is 9.22. The predicted octanol–water partition coefficient (Wildman–Crippen LogP) is 2.91. The number of carbonyl (C=O) groups is 1. The van der Waals surface area contributed by atoms with E-state index in [1.165, 1.54) is 12.1 Å². The summed E-state index contributed by atoms with van der Waals surface area (Å²) in [7, 11) is 0. The van der Waals surface area contributed by atoms with Crippen LogP contribution in [0.1, 0.15) is 5.56 Å². The molecular formula is C21H24FNO4S. The number of nitrogens with zero attached hydrogens (tertiary/aromatic N) is 1. The average molecular weight is 405 g/mol. The molecule has 0 amide bonds. The highest BCUT2D eigenvalue weighted by Gasteiger charge is 2.15. The van der Waals surface area contributed by atoms with E-state index in [1.807, 2.05) is 11.8 Å². The van der Waals surface area contributed by atoms with Crippen molar-refractivity contribution < 1.29 is 24.1 Å². The van der Waals surface area contributed by atoms with Crippen molar-refractivity contribution in [3.8, 4) is 16.9 Å². The third-order valence-corrected chi connectivity index (χ3v) is 5.47. The molecule has 1 aliphatic rings. The van der Waals surface area contributed by atoms with E-state index in [0.717, 1.165) is 30.2 Å². The largest absolute Gasteiger partial charge is 0.491 e. The van der Waals surface area contributed by atoms with E-state index in [4.69, 9.17) is 9.84 Å². The highest BCUT2D eigenvalue weighted by molar-refractivity contribution is 7.99. The standard InChI is InChI=1S/C21H24FNO4S/c22-18-10-17(16-3-1-15(2-4-16)9-21(25)26)11-20(12-18)27-14-19(24)13-23-5-7-28-8-6-23/h1-4,10-12,19,24H,5-9,13-14H2,(H,25,26). The van der Waals surface area contributed by atoms with Crippen LogP contribution in [0, 0.1) is 5.82 Å². The van der Waals surface area contributed by atoms with Crippen molar-refractivity contribution >= 4 is 17.7 Å². The maximum Gasteiger partial charge on any atom is 0.307 e. The topological polar surface area (TPSA) is 70.0 Å². The molecule has 0 saturated carbocycles. The van der Waals surface area contributed by atoms with Gasteiger partial charge < -0.3 is 14.9 Å². The first-order valence-corrected chi connectivity index (χ1v) is 10.4. The summed E-state index contributed by atoms with van der Waals surface area (Å²) in [5.74, 6) is 1.19. The molecule has 5 nitrogen and oxygen atoms in total. The molecule has 28 heavy (non-hydrogen) atoms. The fraction of sp³-hybridized carbons (Fsp3) is 0.381. The molecule has 0 spiro atoms. The number of carboxylic acids is 1. The number of aliphatic hydroxyl groups excluding tert-OH is 1. The van der Waals surface area contributed by atoms with Crippen molar-refractivity contribution in [2.75, 3.05) is 37.7 Å². The second kappa shape index (κ2) is 9.91. The molecule has 1 unspecified atom stereocenters. The van der Waals surface area contributed by atoms with Crippen LogP contribution in [0.3, 0.4) is 0 Å². The molecule has 7 heteroatoms. The molecule has 2 aromatic rings. The number of thioether (sulfide) groups is 1. The molecule has 0 aliphatic carbocycles. The van der Waals surface area contributed by atoms with Crippen molar-refractivity contribution in [2.24, 2.45) is 0 Å². The number of rotatable bonds is 8. The Labute approximate surface area is 168 Å². The van der Waals surface area contributed by atoms with Gasteiger partial charge in [-0.25, -0.2) is 4.39 Å². The Kier molecular flexibility index (Phi) is 7.30. The summed E-state index contributed by atoms with van der Waals surface area (Å²) >= 11 is 1.92. The van der Waals surface area contributed by atoms with Gasteiger partial charge in [0.05, 0.1) is 6.42 Å². The second-order valence-electron chi connectivity index (χ2n) is 6.82. The summed E-state index contributed by atoms with van der Waals surface area (Å²) in [4.78, 5) is 13.0. The Hall–Kier alpha value is -2.09. The molecule has 2 N–H and O–H groups in total. The molecule has 1 heterocycles. The molecule has 0 bridgehead atoms. The van der Waals surface area contributed by atoms with E-state index >= 15 is 0 Å². The highest BCUT2D eigenvalue weighted by Crippen LogP contribution is 2.26. The lowest BCUT2D eigenvalue weighted by Gasteiger charge is -2.28. The van der Waals surface area contributed by atoms with Crippen molar-refractivity contribution in [1.29, 1.82) is 0 Å². The molecule has 150 valence electrons. The van der Waals surface area contributed by atoms with Gasteiger partial charge in [0.25, 0.3) is 0 Å². The Bertz CT molecular complexity index is 793. The van der Waals surface area contributed by atoms with Gasteiger partial charge in [-0.2, -0.15) is 11.8 Å². The summed E-state index contributed by atoms with van der Waals surface area (Å²) in [6.45, 7) is 2.57. The predicted molar refractivity (Wildman–Crippen MR) is 108 cm³/mol. The Morgan fingerprint density at radius 1 is 1.14 bits per heavy atom. The lowest BCUT2D eigenvalue weighted by molar-refractivity contribution is -0.136. The smallest absolute Gasteiger partial charge is 0.307 e. The molecule has 3 rings (SSSR count). The van der Waals surface area contributed by atoms with Crippen LogP contribution >= 0.6 is 11.8 Å². The summed E-state index contributed by atoms with van der Waals surface area (Å²) in [5, 5.41) is 19.0. The zero-order valence-electron chi connectivity index (χ0n) is 15.5. The summed E-state index contributed by atoms with van der Waals surface area (Å²) in [6, 6.07) is 11.4. The Balaban J connectivity index is 1.61. The molecule has 1 atom stereocenters. The molecule has 1 fully saturated rings. The lowest BCUT2D eigenvalue weighted by Crippen LogP contribution is -2.40. The van der Waals surface area contributed by atoms with Gasteiger partial charge in [-0.3, -0.25) is 9.69 Å². The van der Waals surface area contributed by atoms with Gasteiger partial charge in [-0.05, 0) is 28.8 Å². The number of hydrogen-bond acceptors (Lipinski definition) is 5. The number of benzene rings is 2. The molecule has 0 aromatic heterocycles. The van der Waals surface area contributed by atoms with Gasteiger partial charge >= 0.3 is 5.97 Å². The van der Waals surface area contributed by atoms with Crippen LogP contribution in [0.4, 0.5) is 4.39 Å². The van der Waals surface area contributed by atoms with E-state index in [9.17, 15) is 14.3 Å². The van der Waals surface area contributed by atoms with E-state index in [1.54, 1.807) is 30.3 Å². The maximum atomic E-state index is 14.0. The summed E-state index contributed by atoms with van der Waals surface area (Å²) in [6.07, 6.45) is -0.684. The number of aliphatic carboxylic acids is 1. The number of aliphatic hydroxyl groups is 1. The van der Waals surface area contributed by atoms with Crippen LogP contribution < -0.4 is 4.74 Å². The fourth-order valence-corrected chi connectivity index (χ4v) is 4.11. The monoisotopic (exact) mass is 405 g/mol. The fourth-order valence-electron chi connectivity index (χ4n) is 3.13. The van der Waals surface area contributed by atoms with Crippen LogP contribution in [0.25, 0.3) is 11.1 Å². The minimum Gasteiger partial charge on any atom is -0.491 e. The zero-order valence-corrected chi connectivity index (χ0v) is 16.3. The summed E-state index contributed by atoms with van der Waals surface area (Å²) in [5.41, 5.74) is 2.09. The minimum absolute atomic E-state index is 0.0502. The highest BCUT2D eigenvalue weighted by atomic mass is 32.2. The molecule has 1 saturated heterocycles. The van der Waals surface area contributed by atoms with Crippen molar-refractivity contribution in [1.82, 2.24) is 4.90 Å². The van der Waals surface area contributed by atoms with Crippen molar-refractivity contribution in [2.45, 2.75) is 12.5 Å². The minimum atomic E-state index is -0.893.